The molecular formula is C15H16N4O4. The molecule has 2 heterocycles. The minimum absolute atomic E-state index is 0.00543. The quantitative estimate of drug-likeness (QED) is 0.885. The zero-order chi connectivity index (χ0) is 16.4. The van der Waals surface area contributed by atoms with Gasteiger partial charge in [0, 0.05) is 6.54 Å². The Morgan fingerprint density at radius 3 is 2.96 bits per heavy atom. The number of hydrogen-bond donors (Lipinski definition) is 1. The summed E-state index contributed by atoms with van der Waals surface area (Å²) in [5.41, 5.74) is 2.06. The van der Waals surface area contributed by atoms with Gasteiger partial charge in [-0.25, -0.2) is 9.48 Å². The largest absolute Gasteiger partial charge is 0.479 e. The lowest BCUT2D eigenvalue weighted by Gasteiger charge is -2.30. The van der Waals surface area contributed by atoms with E-state index < -0.39 is 12.1 Å². The molecule has 0 aliphatic carbocycles. The van der Waals surface area contributed by atoms with Crippen molar-refractivity contribution in [3.05, 3.63) is 41.7 Å². The van der Waals surface area contributed by atoms with Crippen molar-refractivity contribution in [2.45, 2.75) is 13.0 Å². The Bertz CT molecular complexity index is 743. The number of rotatable bonds is 3. The van der Waals surface area contributed by atoms with Crippen LogP contribution in [0.2, 0.25) is 0 Å². The molecule has 1 fully saturated rings. The summed E-state index contributed by atoms with van der Waals surface area (Å²) in [6.45, 7) is 2.49. The Labute approximate surface area is 132 Å². The second kappa shape index (κ2) is 6.17. The normalized spacial score (nSPS) is 18.0. The lowest BCUT2D eigenvalue weighted by molar-refractivity contribution is -0.154. The van der Waals surface area contributed by atoms with Crippen molar-refractivity contribution in [2.75, 3.05) is 19.7 Å². The smallest absolute Gasteiger partial charge is 0.334 e. The van der Waals surface area contributed by atoms with Gasteiger partial charge >= 0.3 is 5.97 Å². The second-order valence-electron chi connectivity index (χ2n) is 5.34. The molecule has 23 heavy (non-hydrogen) atoms. The van der Waals surface area contributed by atoms with Crippen LogP contribution >= 0.6 is 0 Å². The number of ether oxygens (including phenoxy) is 1. The molecule has 0 spiro atoms. The number of carboxylic acid groups (broad SMARTS) is 1. The van der Waals surface area contributed by atoms with Crippen LogP contribution in [0, 0.1) is 6.92 Å². The first-order valence-corrected chi connectivity index (χ1v) is 7.17. The van der Waals surface area contributed by atoms with E-state index in [0.717, 1.165) is 11.3 Å². The molecule has 1 aromatic carbocycles. The van der Waals surface area contributed by atoms with Crippen molar-refractivity contribution in [1.29, 1.82) is 0 Å². The van der Waals surface area contributed by atoms with E-state index in [4.69, 9.17) is 9.84 Å². The molecule has 1 aliphatic rings. The first kappa shape index (κ1) is 15.2. The van der Waals surface area contributed by atoms with Gasteiger partial charge in [0.1, 0.15) is 0 Å². The molecule has 1 atom stereocenters. The van der Waals surface area contributed by atoms with E-state index in [1.54, 1.807) is 6.20 Å². The zero-order valence-electron chi connectivity index (χ0n) is 12.5. The van der Waals surface area contributed by atoms with E-state index in [1.807, 2.05) is 31.2 Å². The molecule has 3 rings (SSSR count). The fraction of sp³-hybridized carbons (Fsp3) is 0.333. The molecule has 0 saturated carbocycles. The van der Waals surface area contributed by atoms with Crippen molar-refractivity contribution in [3.63, 3.8) is 0 Å². The van der Waals surface area contributed by atoms with Gasteiger partial charge in [-0.15, -0.1) is 5.10 Å². The average molecular weight is 316 g/mol. The van der Waals surface area contributed by atoms with Crippen LogP contribution in [0.3, 0.4) is 0 Å². The van der Waals surface area contributed by atoms with E-state index in [9.17, 15) is 9.59 Å². The highest BCUT2D eigenvalue weighted by atomic mass is 16.5. The number of benzene rings is 1. The van der Waals surface area contributed by atoms with E-state index in [1.165, 1.54) is 9.58 Å². The summed E-state index contributed by atoms with van der Waals surface area (Å²) < 4.78 is 6.63. The molecule has 120 valence electrons. The van der Waals surface area contributed by atoms with Crippen molar-refractivity contribution < 1.29 is 19.4 Å². The summed E-state index contributed by atoms with van der Waals surface area (Å²) in [7, 11) is 0. The molecule has 1 saturated heterocycles. The Morgan fingerprint density at radius 1 is 1.39 bits per heavy atom. The minimum Gasteiger partial charge on any atom is -0.479 e. The highest BCUT2D eigenvalue weighted by molar-refractivity contribution is 5.92. The van der Waals surface area contributed by atoms with Gasteiger partial charge in [0.15, 0.2) is 11.8 Å². The van der Waals surface area contributed by atoms with Gasteiger partial charge in [0.25, 0.3) is 5.91 Å². The van der Waals surface area contributed by atoms with Gasteiger partial charge in [0.05, 0.1) is 25.0 Å². The van der Waals surface area contributed by atoms with Crippen molar-refractivity contribution in [2.24, 2.45) is 0 Å². The molecule has 8 nitrogen and oxygen atoms in total. The summed E-state index contributed by atoms with van der Waals surface area (Å²) in [6.07, 6.45) is 0.544. The maximum atomic E-state index is 12.4. The monoisotopic (exact) mass is 316 g/mol. The number of nitrogens with zero attached hydrogens (tertiary/aromatic N) is 4. The fourth-order valence-corrected chi connectivity index (χ4v) is 2.40. The number of carbonyl (C=O) groups excluding carboxylic acids is 1. The molecule has 1 unspecified atom stereocenters. The summed E-state index contributed by atoms with van der Waals surface area (Å²) in [6, 6.07) is 7.66. The van der Waals surface area contributed by atoms with Crippen molar-refractivity contribution in [1.82, 2.24) is 19.9 Å². The Hall–Kier alpha value is -2.74. The van der Waals surface area contributed by atoms with Crippen LogP contribution in [0.5, 0.6) is 0 Å². The molecule has 0 bridgehead atoms. The maximum Gasteiger partial charge on any atom is 0.334 e. The highest BCUT2D eigenvalue weighted by Crippen LogP contribution is 2.12. The summed E-state index contributed by atoms with van der Waals surface area (Å²) in [5.74, 6) is -1.43. The van der Waals surface area contributed by atoms with Crippen LogP contribution in [-0.4, -0.2) is 62.7 Å². The van der Waals surface area contributed by atoms with E-state index in [-0.39, 0.29) is 24.8 Å². The molecule has 1 aromatic heterocycles. The number of amides is 1. The van der Waals surface area contributed by atoms with Crippen LogP contribution < -0.4 is 0 Å². The topological polar surface area (TPSA) is 97.5 Å². The molecule has 1 aliphatic heterocycles. The third kappa shape index (κ3) is 3.21. The van der Waals surface area contributed by atoms with Gasteiger partial charge in [-0.3, -0.25) is 4.79 Å². The van der Waals surface area contributed by atoms with E-state index in [0.29, 0.717) is 6.54 Å². The number of carboxylic acids is 1. The molecule has 0 radical (unpaired) electrons. The van der Waals surface area contributed by atoms with Crippen LogP contribution in [-0.2, 0) is 9.53 Å². The third-order valence-corrected chi connectivity index (χ3v) is 3.61. The fourth-order valence-electron chi connectivity index (χ4n) is 2.40. The lowest BCUT2D eigenvalue weighted by atomic mass is 10.2. The average Bonchev–Trinajstić information content (AvgIpc) is 3.04. The van der Waals surface area contributed by atoms with E-state index >= 15 is 0 Å². The van der Waals surface area contributed by atoms with Crippen LogP contribution in [0.25, 0.3) is 5.69 Å². The van der Waals surface area contributed by atoms with Gasteiger partial charge in [-0.05, 0) is 24.6 Å². The van der Waals surface area contributed by atoms with Gasteiger partial charge in [0.2, 0.25) is 0 Å². The zero-order valence-corrected chi connectivity index (χ0v) is 12.5. The van der Waals surface area contributed by atoms with Crippen LogP contribution in [0.15, 0.2) is 30.5 Å². The van der Waals surface area contributed by atoms with Crippen LogP contribution in [0.4, 0.5) is 0 Å². The molecule has 1 amide bonds. The van der Waals surface area contributed by atoms with Crippen molar-refractivity contribution in [3.8, 4) is 5.69 Å². The number of carbonyl (C=O) groups is 2. The Balaban J connectivity index is 1.77. The first-order valence-electron chi connectivity index (χ1n) is 7.17. The molecule has 8 heteroatoms. The highest BCUT2D eigenvalue weighted by Gasteiger charge is 2.30. The van der Waals surface area contributed by atoms with Crippen LogP contribution in [0.1, 0.15) is 16.1 Å². The minimum atomic E-state index is -1.08. The summed E-state index contributed by atoms with van der Waals surface area (Å²) in [4.78, 5) is 24.8. The second-order valence-corrected chi connectivity index (χ2v) is 5.34. The predicted molar refractivity (Wildman–Crippen MR) is 79.4 cm³/mol. The standard InChI is InChI=1S/C15H16N4O4/c1-10-3-2-4-11(7-10)19-8-12(16-17-19)14(20)18-5-6-23-13(9-18)15(21)22/h2-4,7-8,13H,5-6,9H2,1H3,(H,21,22). The predicted octanol–water partition coefficient (Wildman–Crippen LogP) is 0.501. The number of morpholine rings is 1. The molecule has 1 N–H and O–H groups in total. The maximum absolute atomic E-state index is 12.4. The number of aliphatic carboxylic acids is 1. The number of hydrogen-bond acceptors (Lipinski definition) is 5. The van der Waals surface area contributed by atoms with Gasteiger partial charge < -0.3 is 14.7 Å². The molecule has 2 aromatic rings. The first-order chi connectivity index (χ1) is 11.0. The number of aryl methyl sites for hydroxylation is 1. The molecular weight excluding hydrogens is 300 g/mol. The summed E-state index contributed by atoms with van der Waals surface area (Å²) in [5, 5.41) is 16.9. The van der Waals surface area contributed by atoms with Gasteiger partial charge in [-0.1, -0.05) is 17.3 Å². The van der Waals surface area contributed by atoms with Crippen molar-refractivity contribution >= 4 is 11.9 Å². The lowest BCUT2D eigenvalue weighted by Crippen LogP contribution is -2.48. The number of aromatic nitrogens is 3. The van der Waals surface area contributed by atoms with Gasteiger partial charge in [-0.2, -0.15) is 0 Å². The Morgan fingerprint density at radius 2 is 2.22 bits per heavy atom. The summed E-state index contributed by atoms with van der Waals surface area (Å²) >= 11 is 0. The Kier molecular flexibility index (Phi) is 4.07. The third-order valence-electron chi connectivity index (χ3n) is 3.61. The SMILES string of the molecule is Cc1cccc(-n2cc(C(=O)N3CCOC(C(=O)O)C3)nn2)c1. The van der Waals surface area contributed by atoms with E-state index in [2.05, 4.69) is 10.3 Å².